The second-order valence-corrected chi connectivity index (χ2v) is 9.33. The van der Waals surface area contributed by atoms with Gasteiger partial charge in [0.2, 0.25) is 11.1 Å². The Labute approximate surface area is 174 Å². The third-order valence-corrected chi connectivity index (χ3v) is 6.81. The van der Waals surface area contributed by atoms with Gasteiger partial charge in [-0.05, 0) is 43.5 Å². The lowest BCUT2D eigenvalue weighted by atomic mass is 10.1. The van der Waals surface area contributed by atoms with Crippen LogP contribution in [0.1, 0.15) is 49.3 Å². The van der Waals surface area contributed by atoms with Gasteiger partial charge in [-0.3, -0.25) is 18.8 Å². The van der Waals surface area contributed by atoms with Crippen LogP contribution in [0.5, 0.6) is 0 Å². The van der Waals surface area contributed by atoms with Gasteiger partial charge in [-0.2, -0.15) is 0 Å². The van der Waals surface area contributed by atoms with E-state index in [2.05, 4.69) is 46.1 Å². The lowest BCUT2D eigenvalue weighted by Gasteiger charge is -2.19. The molecule has 2 aliphatic rings. The summed E-state index contributed by atoms with van der Waals surface area (Å²) in [6.07, 6.45) is 6.39. The summed E-state index contributed by atoms with van der Waals surface area (Å²) in [5.74, 6) is 1.20. The van der Waals surface area contributed by atoms with Gasteiger partial charge in [0.25, 0.3) is 0 Å². The number of hydrogen-bond acceptors (Lipinski definition) is 5. The standard InChI is InChI=1S/C22H28N4O2S/c1-2-3-11-29(28)22-23-14-19-13-20(27)26(21(19)24-22)16-18-8-6-7-17(12-18)15-25-9-4-5-10-25/h6-8,12,14H,2-5,9-11,13,15-16H2,1H3. The number of carbonyl (C=O) groups excluding carboxylic acids is 1. The van der Waals surface area contributed by atoms with E-state index in [-0.39, 0.29) is 5.91 Å². The molecule has 6 nitrogen and oxygen atoms in total. The van der Waals surface area contributed by atoms with Crippen molar-refractivity contribution in [3.05, 3.63) is 47.2 Å². The Hall–Kier alpha value is -2.12. The highest BCUT2D eigenvalue weighted by Crippen LogP contribution is 2.28. The predicted octanol–water partition coefficient (Wildman–Crippen LogP) is 3.07. The molecular weight excluding hydrogens is 384 g/mol. The molecule has 4 rings (SSSR count). The average Bonchev–Trinajstić information content (AvgIpc) is 3.34. The third kappa shape index (κ3) is 4.73. The van der Waals surface area contributed by atoms with Gasteiger partial charge < -0.3 is 0 Å². The van der Waals surface area contributed by atoms with Crippen molar-refractivity contribution < 1.29 is 9.00 Å². The molecule has 0 bridgehead atoms. The fourth-order valence-corrected chi connectivity index (χ4v) is 5.06. The first kappa shape index (κ1) is 20.2. The zero-order valence-corrected chi connectivity index (χ0v) is 17.8. The minimum absolute atomic E-state index is 0.0238. The summed E-state index contributed by atoms with van der Waals surface area (Å²) in [6.45, 7) is 5.84. The van der Waals surface area contributed by atoms with E-state index in [9.17, 15) is 9.00 Å². The second kappa shape index (κ2) is 9.13. The van der Waals surface area contributed by atoms with Crippen LogP contribution < -0.4 is 4.90 Å². The van der Waals surface area contributed by atoms with Gasteiger partial charge in [-0.15, -0.1) is 0 Å². The molecule has 1 aromatic heterocycles. The maximum Gasteiger partial charge on any atom is 0.233 e. The van der Waals surface area contributed by atoms with Crippen LogP contribution >= 0.6 is 0 Å². The van der Waals surface area contributed by atoms with Crippen LogP contribution in [0.4, 0.5) is 5.82 Å². The zero-order valence-electron chi connectivity index (χ0n) is 17.0. The number of unbranched alkanes of at least 4 members (excludes halogenated alkanes) is 1. The minimum atomic E-state index is -1.22. The van der Waals surface area contributed by atoms with E-state index in [4.69, 9.17) is 0 Å². The Morgan fingerprint density at radius 2 is 1.90 bits per heavy atom. The molecule has 2 aliphatic heterocycles. The van der Waals surface area contributed by atoms with E-state index in [0.717, 1.165) is 43.6 Å². The van der Waals surface area contributed by atoms with Crippen LogP contribution in [0, 0.1) is 0 Å². The van der Waals surface area contributed by atoms with Crippen molar-refractivity contribution in [3.63, 3.8) is 0 Å². The SMILES string of the molecule is CCCCS(=O)c1ncc2c(n1)N(Cc1cccc(CN3CCCC3)c1)C(=O)C2. The number of rotatable bonds is 8. The van der Waals surface area contributed by atoms with Crippen molar-refractivity contribution in [2.75, 3.05) is 23.7 Å². The molecular formula is C22H28N4O2S. The summed E-state index contributed by atoms with van der Waals surface area (Å²) < 4.78 is 12.4. The van der Waals surface area contributed by atoms with Gasteiger partial charge in [0, 0.05) is 24.1 Å². The van der Waals surface area contributed by atoms with Gasteiger partial charge in [-0.1, -0.05) is 37.6 Å². The van der Waals surface area contributed by atoms with Crippen LogP contribution in [-0.2, 0) is 35.1 Å². The molecule has 2 aromatic rings. The summed E-state index contributed by atoms with van der Waals surface area (Å²) in [7, 11) is -1.22. The second-order valence-electron chi connectivity index (χ2n) is 7.86. The lowest BCUT2D eigenvalue weighted by Crippen LogP contribution is -2.27. The summed E-state index contributed by atoms with van der Waals surface area (Å²) >= 11 is 0. The lowest BCUT2D eigenvalue weighted by molar-refractivity contribution is -0.117. The van der Waals surface area contributed by atoms with Gasteiger partial charge >= 0.3 is 0 Å². The number of anilines is 1. The smallest absolute Gasteiger partial charge is 0.233 e. The monoisotopic (exact) mass is 412 g/mol. The Kier molecular flexibility index (Phi) is 6.35. The van der Waals surface area contributed by atoms with Crippen molar-refractivity contribution in [2.24, 2.45) is 0 Å². The molecule has 7 heteroatoms. The van der Waals surface area contributed by atoms with Crippen LogP contribution in [0.3, 0.4) is 0 Å². The van der Waals surface area contributed by atoms with Gasteiger partial charge in [-0.25, -0.2) is 9.97 Å². The molecule has 0 radical (unpaired) electrons. The van der Waals surface area contributed by atoms with Crippen LogP contribution in [0.25, 0.3) is 0 Å². The molecule has 0 spiro atoms. The van der Waals surface area contributed by atoms with E-state index in [1.165, 1.54) is 18.4 Å². The average molecular weight is 413 g/mol. The number of aromatic nitrogens is 2. The quantitative estimate of drug-likeness (QED) is 0.624. The third-order valence-electron chi connectivity index (χ3n) is 5.54. The Morgan fingerprint density at radius 1 is 1.14 bits per heavy atom. The summed E-state index contributed by atoms with van der Waals surface area (Å²) in [5.41, 5.74) is 3.19. The van der Waals surface area contributed by atoms with Gasteiger partial charge in [0.1, 0.15) is 5.82 Å². The van der Waals surface area contributed by atoms with E-state index >= 15 is 0 Å². The van der Waals surface area contributed by atoms with E-state index in [0.29, 0.717) is 29.7 Å². The largest absolute Gasteiger partial charge is 0.299 e. The Balaban J connectivity index is 1.51. The van der Waals surface area contributed by atoms with E-state index in [1.54, 1.807) is 11.1 Å². The highest BCUT2D eigenvalue weighted by atomic mass is 32.2. The van der Waals surface area contributed by atoms with Crippen molar-refractivity contribution in [2.45, 2.75) is 57.3 Å². The number of nitrogens with zero attached hydrogens (tertiary/aromatic N) is 4. The number of likely N-dealkylation sites (tertiary alicyclic amines) is 1. The molecule has 1 aromatic carbocycles. The fraction of sp³-hybridized carbons (Fsp3) is 0.500. The number of amides is 1. The first-order valence-electron chi connectivity index (χ1n) is 10.5. The van der Waals surface area contributed by atoms with Gasteiger partial charge in [0.15, 0.2) is 0 Å². The molecule has 1 unspecified atom stereocenters. The minimum Gasteiger partial charge on any atom is -0.299 e. The van der Waals surface area contributed by atoms with Crippen molar-refractivity contribution in [3.8, 4) is 0 Å². The van der Waals surface area contributed by atoms with E-state index in [1.807, 2.05) is 0 Å². The van der Waals surface area contributed by atoms with E-state index < -0.39 is 10.8 Å². The highest BCUT2D eigenvalue weighted by molar-refractivity contribution is 7.84. The highest BCUT2D eigenvalue weighted by Gasteiger charge is 2.30. The molecule has 1 saturated heterocycles. The maximum atomic E-state index is 12.6. The molecule has 0 N–H and O–H groups in total. The molecule has 29 heavy (non-hydrogen) atoms. The molecule has 1 fully saturated rings. The van der Waals surface area contributed by atoms with Crippen molar-refractivity contribution in [1.82, 2.24) is 14.9 Å². The number of carbonyl (C=O) groups is 1. The molecule has 1 amide bonds. The summed E-state index contributed by atoms with van der Waals surface area (Å²) in [5, 5.41) is 0.333. The van der Waals surface area contributed by atoms with Gasteiger partial charge in [0.05, 0.1) is 23.8 Å². The number of benzene rings is 1. The molecule has 0 saturated carbocycles. The number of fused-ring (bicyclic) bond motifs is 1. The molecule has 154 valence electrons. The zero-order chi connectivity index (χ0) is 20.2. The van der Waals surface area contributed by atoms with Crippen LogP contribution in [0.2, 0.25) is 0 Å². The first-order valence-corrected chi connectivity index (χ1v) is 11.8. The first-order chi connectivity index (χ1) is 14.1. The summed E-state index contributed by atoms with van der Waals surface area (Å²) in [4.78, 5) is 25.6. The molecule has 1 atom stereocenters. The topological polar surface area (TPSA) is 66.4 Å². The Bertz CT molecular complexity index is 911. The fourth-order valence-electron chi connectivity index (χ4n) is 3.96. The summed E-state index contributed by atoms with van der Waals surface area (Å²) in [6, 6.07) is 8.46. The maximum absolute atomic E-state index is 12.6. The predicted molar refractivity (Wildman–Crippen MR) is 114 cm³/mol. The van der Waals surface area contributed by atoms with Crippen LogP contribution in [0.15, 0.2) is 35.6 Å². The normalized spacial score (nSPS) is 17.7. The van der Waals surface area contributed by atoms with Crippen LogP contribution in [-0.4, -0.2) is 43.8 Å². The van der Waals surface area contributed by atoms with Crippen molar-refractivity contribution in [1.29, 1.82) is 0 Å². The van der Waals surface area contributed by atoms with Crippen molar-refractivity contribution >= 4 is 22.5 Å². The molecule has 3 heterocycles. The Morgan fingerprint density at radius 3 is 2.66 bits per heavy atom. The number of hydrogen-bond donors (Lipinski definition) is 0. The molecule has 0 aliphatic carbocycles.